The number of nitrogens with zero attached hydrogens (tertiary/aromatic N) is 5. The Morgan fingerprint density at radius 3 is 2.96 bits per heavy atom. The number of carbonyl (C=O) groups is 1. The summed E-state index contributed by atoms with van der Waals surface area (Å²) in [4.78, 5) is 20.5. The number of rotatable bonds is 5. The Labute approximate surface area is 141 Å². The van der Waals surface area contributed by atoms with Crippen molar-refractivity contribution in [1.29, 1.82) is 0 Å². The Hall–Kier alpha value is -2.57. The molecule has 2 aromatic rings. The molecule has 2 atom stereocenters. The van der Waals surface area contributed by atoms with Crippen LogP contribution in [0.15, 0.2) is 36.9 Å². The second kappa shape index (κ2) is 6.90. The number of benzene rings is 1. The minimum Gasteiger partial charge on any atom is -0.485 e. The predicted molar refractivity (Wildman–Crippen MR) is 91.1 cm³/mol. The van der Waals surface area contributed by atoms with Gasteiger partial charge in [-0.3, -0.25) is 4.79 Å². The van der Waals surface area contributed by atoms with E-state index in [4.69, 9.17) is 4.74 Å². The van der Waals surface area contributed by atoms with Crippen LogP contribution in [-0.2, 0) is 4.79 Å². The van der Waals surface area contributed by atoms with Crippen molar-refractivity contribution in [2.45, 2.75) is 26.0 Å². The minimum absolute atomic E-state index is 0.00833. The zero-order valence-corrected chi connectivity index (χ0v) is 14.3. The van der Waals surface area contributed by atoms with Crippen molar-refractivity contribution in [3.8, 4) is 5.75 Å². The number of likely N-dealkylation sites (N-methyl/N-ethyl adjacent to an activating group) is 2. The molecule has 24 heavy (non-hydrogen) atoms. The zero-order chi connectivity index (χ0) is 17.1. The molecule has 7 nitrogen and oxygen atoms in total. The minimum atomic E-state index is -0.379. The number of fused-ring (bicyclic) bond motifs is 1. The fourth-order valence-electron chi connectivity index (χ4n) is 3.02. The topological polar surface area (TPSA) is 63.5 Å². The molecule has 1 aliphatic rings. The van der Waals surface area contributed by atoms with Gasteiger partial charge >= 0.3 is 0 Å². The zero-order valence-electron chi connectivity index (χ0n) is 14.3. The van der Waals surface area contributed by atoms with Crippen LogP contribution in [0, 0.1) is 0 Å². The highest BCUT2D eigenvalue weighted by Crippen LogP contribution is 2.32. The van der Waals surface area contributed by atoms with Crippen LogP contribution >= 0.6 is 0 Å². The van der Waals surface area contributed by atoms with Crippen molar-refractivity contribution in [3.63, 3.8) is 0 Å². The van der Waals surface area contributed by atoms with Crippen LogP contribution in [0.4, 0.5) is 5.69 Å². The summed E-state index contributed by atoms with van der Waals surface area (Å²) in [5.74, 6) is 0.867. The Balaban J connectivity index is 1.67. The Morgan fingerprint density at radius 2 is 2.25 bits per heavy atom. The van der Waals surface area contributed by atoms with E-state index in [-0.39, 0.29) is 18.1 Å². The average Bonchev–Trinajstić information content (AvgIpc) is 3.14. The van der Waals surface area contributed by atoms with Crippen LogP contribution in [-0.4, -0.2) is 58.4 Å². The number of carbonyl (C=O) groups excluding carboxylic acids is 1. The summed E-state index contributed by atoms with van der Waals surface area (Å²) in [6.45, 7) is 6.15. The lowest BCUT2D eigenvalue weighted by atomic mass is 10.1. The molecule has 0 spiro atoms. The third-order valence-corrected chi connectivity index (χ3v) is 4.35. The first-order valence-corrected chi connectivity index (χ1v) is 8.20. The van der Waals surface area contributed by atoms with Gasteiger partial charge in [0, 0.05) is 13.6 Å². The predicted octanol–water partition coefficient (Wildman–Crippen LogP) is 1.59. The summed E-state index contributed by atoms with van der Waals surface area (Å²) >= 11 is 0. The van der Waals surface area contributed by atoms with Gasteiger partial charge in [-0.1, -0.05) is 12.1 Å². The van der Waals surface area contributed by atoms with E-state index in [0.717, 1.165) is 24.5 Å². The largest absolute Gasteiger partial charge is 0.485 e. The van der Waals surface area contributed by atoms with Gasteiger partial charge < -0.3 is 14.5 Å². The van der Waals surface area contributed by atoms with E-state index in [0.29, 0.717) is 6.54 Å². The van der Waals surface area contributed by atoms with E-state index in [9.17, 15) is 4.79 Å². The summed E-state index contributed by atoms with van der Waals surface area (Å²) in [6, 6.07) is 7.65. The summed E-state index contributed by atoms with van der Waals surface area (Å²) in [5, 5.41) is 4.04. The number of aromatic nitrogens is 3. The van der Waals surface area contributed by atoms with Crippen LogP contribution in [0.5, 0.6) is 5.75 Å². The number of amides is 1. The Bertz CT molecular complexity index is 688. The number of hydrogen-bond donors (Lipinski definition) is 0. The first-order valence-electron chi connectivity index (χ1n) is 8.20. The third kappa shape index (κ3) is 3.20. The SMILES string of the molecule is CCN1C[C@H](CN(C)C(=O)[C@H](C)n2cncn2)Oc2ccccc21. The molecule has 1 amide bonds. The quantitative estimate of drug-likeness (QED) is 0.833. The molecular formula is C17H23N5O2. The van der Waals surface area contributed by atoms with Crippen molar-refractivity contribution in [1.82, 2.24) is 19.7 Å². The fraction of sp³-hybridized carbons (Fsp3) is 0.471. The monoisotopic (exact) mass is 329 g/mol. The Morgan fingerprint density at radius 1 is 1.46 bits per heavy atom. The van der Waals surface area contributed by atoms with Gasteiger partial charge in [0.25, 0.3) is 0 Å². The Kier molecular flexibility index (Phi) is 4.69. The molecular weight excluding hydrogens is 306 g/mol. The molecule has 128 valence electrons. The van der Waals surface area contributed by atoms with Crippen molar-refractivity contribution >= 4 is 11.6 Å². The van der Waals surface area contributed by atoms with E-state index >= 15 is 0 Å². The molecule has 0 fully saturated rings. The molecule has 0 N–H and O–H groups in total. The number of anilines is 1. The molecule has 7 heteroatoms. The first-order chi connectivity index (χ1) is 11.6. The maximum Gasteiger partial charge on any atom is 0.247 e. The van der Waals surface area contributed by atoms with Gasteiger partial charge in [0.05, 0.1) is 18.8 Å². The van der Waals surface area contributed by atoms with Gasteiger partial charge in [0.15, 0.2) is 0 Å². The molecule has 1 aromatic heterocycles. The molecule has 0 radical (unpaired) electrons. The van der Waals surface area contributed by atoms with E-state index < -0.39 is 0 Å². The van der Waals surface area contributed by atoms with Gasteiger partial charge in [-0.2, -0.15) is 5.10 Å². The van der Waals surface area contributed by atoms with Gasteiger partial charge in [-0.15, -0.1) is 0 Å². The standard InChI is InChI=1S/C17H23N5O2/c1-4-21-10-14(24-16-8-6-5-7-15(16)21)9-20(3)17(23)13(2)22-12-18-11-19-22/h5-8,11-14H,4,9-10H2,1-3H3/t13-,14-/m0/s1. The lowest BCUT2D eigenvalue weighted by Crippen LogP contribution is -2.47. The van der Waals surface area contributed by atoms with Crippen molar-refractivity contribution < 1.29 is 9.53 Å². The van der Waals surface area contributed by atoms with E-state index in [1.807, 2.05) is 25.1 Å². The summed E-state index contributed by atoms with van der Waals surface area (Å²) in [6.07, 6.45) is 2.93. The maximum absolute atomic E-state index is 12.6. The normalized spacial score (nSPS) is 17.8. The highest BCUT2D eigenvalue weighted by molar-refractivity contribution is 5.79. The molecule has 0 saturated heterocycles. The lowest BCUT2D eigenvalue weighted by molar-refractivity contribution is -0.134. The molecule has 0 saturated carbocycles. The first kappa shape index (κ1) is 16.3. The molecule has 2 heterocycles. The molecule has 0 aliphatic carbocycles. The van der Waals surface area contributed by atoms with Crippen molar-refractivity contribution in [2.24, 2.45) is 0 Å². The lowest BCUT2D eigenvalue weighted by Gasteiger charge is -2.37. The van der Waals surface area contributed by atoms with Crippen molar-refractivity contribution in [3.05, 3.63) is 36.9 Å². The molecule has 1 aromatic carbocycles. The molecule has 0 bridgehead atoms. The van der Waals surface area contributed by atoms with Crippen LogP contribution in [0.2, 0.25) is 0 Å². The van der Waals surface area contributed by atoms with Crippen LogP contribution in [0.1, 0.15) is 19.9 Å². The van der Waals surface area contributed by atoms with Gasteiger partial charge in [0.2, 0.25) is 5.91 Å². The smallest absolute Gasteiger partial charge is 0.247 e. The van der Waals surface area contributed by atoms with Crippen LogP contribution in [0.3, 0.4) is 0 Å². The highest BCUT2D eigenvalue weighted by Gasteiger charge is 2.28. The fourth-order valence-corrected chi connectivity index (χ4v) is 3.02. The number of hydrogen-bond acceptors (Lipinski definition) is 5. The third-order valence-electron chi connectivity index (χ3n) is 4.35. The van der Waals surface area contributed by atoms with E-state index in [1.165, 1.54) is 6.33 Å². The van der Waals surface area contributed by atoms with Gasteiger partial charge in [0.1, 0.15) is 30.5 Å². The van der Waals surface area contributed by atoms with Gasteiger partial charge in [-0.25, -0.2) is 9.67 Å². The summed E-state index contributed by atoms with van der Waals surface area (Å²) < 4.78 is 7.65. The van der Waals surface area contributed by atoms with Crippen LogP contribution < -0.4 is 9.64 Å². The number of ether oxygens (including phenoxy) is 1. The van der Waals surface area contributed by atoms with Gasteiger partial charge in [-0.05, 0) is 26.0 Å². The highest BCUT2D eigenvalue weighted by atomic mass is 16.5. The average molecular weight is 329 g/mol. The number of para-hydroxylation sites is 2. The van der Waals surface area contributed by atoms with Crippen molar-refractivity contribution in [2.75, 3.05) is 31.6 Å². The second-order valence-electron chi connectivity index (χ2n) is 6.02. The summed E-state index contributed by atoms with van der Waals surface area (Å²) in [5.41, 5.74) is 1.11. The molecule has 0 unspecified atom stereocenters. The van der Waals surface area contributed by atoms with E-state index in [2.05, 4.69) is 28.0 Å². The molecule has 1 aliphatic heterocycles. The molecule has 3 rings (SSSR count). The maximum atomic E-state index is 12.6. The van der Waals surface area contributed by atoms with Crippen LogP contribution in [0.25, 0.3) is 0 Å². The van der Waals surface area contributed by atoms with E-state index in [1.54, 1.807) is 23.0 Å². The summed E-state index contributed by atoms with van der Waals surface area (Å²) in [7, 11) is 1.80. The second-order valence-corrected chi connectivity index (χ2v) is 6.02.